The zero-order valence-electron chi connectivity index (χ0n) is 15.0. The van der Waals surface area contributed by atoms with Gasteiger partial charge in [-0.25, -0.2) is 0 Å². The Balaban J connectivity index is 1.73. The Morgan fingerprint density at radius 1 is 1.40 bits per heavy atom. The van der Waals surface area contributed by atoms with Gasteiger partial charge >= 0.3 is 0 Å². The molecule has 2 aromatic rings. The number of aliphatic hydroxyl groups is 1. The van der Waals surface area contributed by atoms with Crippen molar-refractivity contribution in [1.82, 2.24) is 9.88 Å². The number of aryl methyl sites for hydroxylation is 1. The second-order valence-corrected chi connectivity index (χ2v) is 7.43. The number of piperidine rings is 3. The Bertz CT molecular complexity index is 804. The zero-order chi connectivity index (χ0) is 17.6. The molecule has 0 spiro atoms. The highest BCUT2D eigenvalue weighted by molar-refractivity contribution is 5.84. The standard InChI is InChI=1S/C21H26N2O2/c1-4-14-12-23-8-7-15(14)10-20(23)21(24)18-9-13(2)22-19-6-5-16(25-3)11-17(18)19/h4-6,9,11,14-15,20-21,24H,1,7-8,10,12H2,2-3H3/t14-,15-,20+,21-/m0/s1. The number of ether oxygens (including phenoxy) is 1. The maximum Gasteiger partial charge on any atom is 0.119 e. The van der Waals surface area contributed by atoms with Crippen molar-refractivity contribution in [3.05, 3.63) is 48.2 Å². The monoisotopic (exact) mass is 338 g/mol. The summed E-state index contributed by atoms with van der Waals surface area (Å²) in [6, 6.07) is 8.08. The number of benzene rings is 1. The van der Waals surface area contributed by atoms with Crippen LogP contribution in [0.15, 0.2) is 36.9 Å². The summed E-state index contributed by atoms with van der Waals surface area (Å²) in [5, 5.41) is 12.3. The Hall–Kier alpha value is -1.91. The van der Waals surface area contributed by atoms with E-state index in [9.17, 15) is 5.11 Å². The molecular formula is C21H26N2O2. The molecule has 2 bridgehead atoms. The SMILES string of the molecule is C=C[C@H]1CN2CC[C@H]1C[C@@H]2[C@@H](O)c1cc(C)nc2ccc(OC)cc12. The third kappa shape index (κ3) is 2.83. The van der Waals surface area contributed by atoms with Gasteiger partial charge in [-0.2, -0.15) is 0 Å². The molecule has 0 amide bonds. The molecule has 0 aliphatic carbocycles. The Morgan fingerprint density at radius 3 is 2.92 bits per heavy atom. The lowest BCUT2D eigenvalue weighted by atomic mass is 9.73. The molecule has 3 aliphatic heterocycles. The van der Waals surface area contributed by atoms with Crippen molar-refractivity contribution in [3.63, 3.8) is 0 Å². The second kappa shape index (κ2) is 6.43. The van der Waals surface area contributed by atoms with E-state index in [1.807, 2.05) is 31.2 Å². The molecule has 25 heavy (non-hydrogen) atoms. The molecule has 1 aromatic heterocycles. The first-order valence-corrected chi connectivity index (χ1v) is 9.10. The van der Waals surface area contributed by atoms with Gasteiger partial charge in [0.15, 0.2) is 0 Å². The molecule has 0 radical (unpaired) electrons. The van der Waals surface area contributed by atoms with E-state index in [2.05, 4.69) is 22.5 Å². The molecule has 0 saturated carbocycles. The lowest BCUT2D eigenvalue weighted by Gasteiger charge is -2.50. The second-order valence-electron chi connectivity index (χ2n) is 7.43. The minimum Gasteiger partial charge on any atom is -0.497 e. The van der Waals surface area contributed by atoms with Gasteiger partial charge < -0.3 is 9.84 Å². The van der Waals surface area contributed by atoms with Crippen LogP contribution in [0.5, 0.6) is 5.75 Å². The number of nitrogens with zero attached hydrogens (tertiary/aromatic N) is 2. The van der Waals surface area contributed by atoms with Crippen LogP contribution in [0, 0.1) is 18.8 Å². The van der Waals surface area contributed by atoms with E-state index in [0.29, 0.717) is 11.8 Å². The number of fused-ring (bicyclic) bond motifs is 4. The lowest BCUT2D eigenvalue weighted by molar-refractivity contribution is -0.0445. The number of pyridine rings is 1. The average molecular weight is 338 g/mol. The van der Waals surface area contributed by atoms with Crippen LogP contribution in [-0.2, 0) is 0 Å². The fourth-order valence-electron chi connectivity index (χ4n) is 4.65. The van der Waals surface area contributed by atoms with Crippen LogP contribution >= 0.6 is 0 Å². The topological polar surface area (TPSA) is 45.6 Å². The van der Waals surface area contributed by atoms with Crippen LogP contribution in [-0.4, -0.2) is 41.2 Å². The molecule has 5 rings (SSSR count). The van der Waals surface area contributed by atoms with E-state index < -0.39 is 6.10 Å². The molecule has 3 fully saturated rings. The van der Waals surface area contributed by atoms with Crippen molar-refractivity contribution >= 4 is 10.9 Å². The third-order valence-corrected chi connectivity index (χ3v) is 6.01. The summed E-state index contributed by atoms with van der Waals surface area (Å²) in [6.07, 6.45) is 3.83. The lowest BCUT2D eigenvalue weighted by Crippen LogP contribution is -2.54. The molecule has 1 N–H and O–H groups in total. The summed E-state index contributed by atoms with van der Waals surface area (Å²) >= 11 is 0. The van der Waals surface area contributed by atoms with Crippen molar-refractivity contribution in [2.24, 2.45) is 11.8 Å². The Morgan fingerprint density at radius 2 is 2.24 bits per heavy atom. The quantitative estimate of drug-likeness (QED) is 0.867. The van der Waals surface area contributed by atoms with Gasteiger partial charge in [0.05, 0.1) is 18.7 Å². The summed E-state index contributed by atoms with van der Waals surface area (Å²) in [5.41, 5.74) is 2.82. The van der Waals surface area contributed by atoms with E-state index in [4.69, 9.17) is 4.74 Å². The van der Waals surface area contributed by atoms with Crippen molar-refractivity contribution in [2.75, 3.05) is 20.2 Å². The van der Waals surface area contributed by atoms with E-state index in [-0.39, 0.29) is 6.04 Å². The zero-order valence-corrected chi connectivity index (χ0v) is 15.0. The normalized spacial score (nSPS) is 29.6. The number of rotatable bonds is 4. The van der Waals surface area contributed by atoms with Crippen LogP contribution in [0.4, 0.5) is 0 Å². The minimum atomic E-state index is -0.509. The van der Waals surface area contributed by atoms with Gasteiger partial charge in [0, 0.05) is 23.7 Å². The van der Waals surface area contributed by atoms with E-state index in [0.717, 1.165) is 47.4 Å². The summed E-state index contributed by atoms with van der Waals surface area (Å²) in [5.74, 6) is 2.00. The number of hydrogen-bond donors (Lipinski definition) is 1. The molecule has 1 aromatic carbocycles. The predicted molar refractivity (Wildman–Crippen MR) is 99.8 cm³/mol. The Labute approximate surface area is 149 Å². The van der Waals surface area contributed by atoms with Crippen LogP contribution < -0.4 is 4.74 Å². The summed E-state index contributed by atoms with van der Waals surface area (Å²) in [4.78, 5) is 7.06. The summed E-state index contributed by atoms with van der Waals surface area (Å²) < 4.78 is 5.38. The van der Waals surface area contributed by atoms with Gasteiger partial charge in [0.2, 0.25) is 0 Å². The number of aromatic nitrogens is 1. The Kier molecular flexibility index (Phi) is 4.26. The van der Waals surface area contributed by atoms with Crippen LogP contribution in [0.1, 0.15) is 30.2 Å². The van der Waals surface area contributed by atoms with Gasteiger partial charge in [-0.1, -0.05) is 6.08 Å². The molecule has 1 unspecified atom stereocenters. The molecule has 132 valence electrons. The molecular weight excluding hydrogens is 312 g/mol. The molecule has 5 atom stereocenters. The summed E-state index contributed by atoms with van der Waals surface area (Å²) in [6.45, 7) is 8.07. The molecule has 4 nitrogen and oxygen atoms in total. The van der Waals surface area contributed by atoms with Crippen molar-refractivity contribution in [3.8, 4) is 5.75 Å². The minimum absolute atomic E-state index is 0.172. The molecule has 3 aliphatic rings. The first-order chi connectivity index (χ1) is 12.1. The highest BCUT2D eigenvalue weighted by atomic mass is 16.5. The average Bonchev–Trinajstić information content (AvgIpc) is 2.66. The summed E-state index contributed by atoms with van der Waals surface area (Å²) in [7, 11) is 1.67. The number of hydrogen-bond acceptors (Lipinski definition) is 4. The fraction of sp³-hybridized carbons (Fsp3) is 0.476. The predicted octanol–water partition coefficient (Wildman–Crippen LogP) is 3.48. The van der Waals surface area contributed by atoms with Gasteiger partial charge in [0.25, 0.3) is 0 Å². The van der Waals surface area contributed by atoms with Gasteiger partial charge in [-0.05, 0) is 68.0 Å². The van der Waals surface area contributed by atoms with E-state index in [1.165, 1.54) is 6.42 Å². The maximum atomic E-state index is 11.3. The molecule has 3 saturated heterocycles. The first-order valence-electron chi connectivity index (χ1n) is 9.10. The number of aliphatic hydroxyl groups excluding tert-OH is 1. The third-order valence-electron chi connectivity index (χ3n) is 6.01. The van der Waals surface area contributed by atoms with Gasteiger partial charge in [-0.3, -0.25) is 9.88 Å². The highest BCUT2D eigenvalue weighted by Crippen LogP contribution is 2.42. The highest BCUT2D eigenvalue weighted by Gasteiger charge is 2.42. The van der Waals surface area contributed by atoms with Crippen molar-refractivity contribution in [1.29, 1.82) is 0 Å². The van der Waals surface area contributed by atoms with Crippen molar-refractivity contribution < 1.29 is 9.84 Å². The molecule has 4 heterocycles. The fourth-order valence-corrected chi connectivity index (χ4v) is 4.65. The van der Waals surface area contributed by atoms with E-state index >= 15 is 0 Å². The number of methoxy groups -OCH3 is 1. The largest absolute Gasteiger partial charge is 0.497 e. The van der Waals surface area contributed by atoms with Crippen LogP contribution in [0.3, 0.4) is 0 Å². The maximum absolute atomic E-state index is 11.3. The van der Waals surface area contributed by atoms with Crippen LogP contribution in [0.25, 0.3) is 10.9 Å². The smallest absolute Gasteiger partial charge is 0.119 e. The first kappa shape index (κ1) is 16.6. The van der Waals surface area contributed by atoms with Crippen molar-refractivity contribution in [2.45, 2.75) is 31.9 Å². The molecule has 4 heteroatoms. The van der Waals surface area contributed by atoms with Gasteiger partial charge in [-0.15, -0.1) is 6.58 Å². The van der Waals surface area contributed by atoms with Crippen LogP contribution in [0.2, 0.25) is 0 Å². The van der Waals surface area contributed by atoms with E-state index in [1.54, 1.807) is 7.11 Å². The van der Waals surface area contributed by atoms with Gasteiger partial charge in [0.1, 0.15) is 5.75 Å².